The van der Waals surface area contributed by atoms with Crippen LogP contribution in [0.3, 0.4) is 0 Å². The summed E-state index contributed by atoms with van der Waals surface area (Å²) in [5.74, 6) is -0.302. The number of alkyl halides is 3. The van der Waals surface area contributed by atoms with E-state index < -0.39 is 17.7 Å². The molecule has 0 amide bonds. The van der Waals surface area contributed by atoms with E-state index in [-0.39, 0.29) is 13.0 Å². The van der Waals surface area contributed by atoms with Gasteiger partial charge in [0.2, 0.25) is 0 Å². The summed E-state index contributed by atoms with van der Waals surface area (Å²) in [6.07, 6.45) is -2.78. The van der Waals surface area contributed by atoms with Crippen LogP contribution in [0.5, 0.6) is 5.75 Å². The van der Waals surface area contributed by atoms with E-state index in [9.17, 15) is 18.0 Å². The predicted molar refractivity (Wildman–Crippen MR) is 112 cm³/mol. The molecule has 0 aliphatic rings. The third-order valence-corrected chi connectivity index (χ3v) is 5.14. The number of carbonyl (C=O) groups is 1. The molecule has 4 aromatic rings. The number of H-pyrrole nitrogens is 1. The Morgan fingerprint density at radius 1 is 1.16 bits per heavy atom. The van der Waals surface area contributed by atoms with Gasteiger partial charge in [0.05, 0.1) is 23.4 Å². The zero-order valence-electron chi connectivity index (χ0n) is 17.1. The van der Waals surface area contributed by atoms with E-state index in [4.69, 9.17) is 9.84 Å². The molecule has 0 radical (unpaired) electrons. The minimum Gasteiger partial charge on any atom is -0.487 e. The fourth-order valence-electron chi connectivity index (χ4n) is 3.54. The van der Waals surface area contributed by atoms with Crippen molar-refractivity contribution in [1.29, 1.82) is 0 Å². The molecule has 0 bridgehead atoms. The number of aromatic amines is 1. The molecule has 0 saturated heterocycles. The number of halogens is 3. The van der Waals surface area contributed by atoms with Crippen LogP contribution in [0.15, 0.2) is 54.7 Å². The number of aliphatic carboxylic acids is 1. The second-order valence-corrected chi connectivity index (χ2v) is 7.29. The molecule has 2 aromatic heterocycles. The van der Waals surface area contributed by atoms with Gasteiger partial charge in [-0.25, -0.2) is 0 Å². The second-order valence-electron chi connectivity index (χ2n) is 7.29. The second kappa shape index (κ2) is 8.41. The summed E-state index contributed by atoms with van der Waals surface area (Å²) < 4.78 is 46.0. The number of fused-ring (bicyclic) bond motifs is 1. The fourth-order valence-corrected chi connectivity index (χ4v) is 3.54. The smallest absolute Gasteiger partial charge is 0.416 e. The van der Waals surface area contributed by atoms with E-state index in [1.165, 1.54) is 12.1 Å². The van der Waals surface area contributed by atoms with Gasteiger partial charge >= 0.3 is 12.1 Å². The van der Waals surface area contributed by atoms with Crippen LogP contribution in [0.2, 0.25) is 0 Å². The average Bonchev–Trinajstić information content (AvgIpc) is 3.35. The summed E-state index contributed by atoms with van der Waals surface area (Å²) in [5.41, 5.74) is 2.70. The summed E-state index contributed by atoms with van der Waals surface area (Å²) in [4.78, 5) is 14.0. The summed E-state index contributed by atoms with van der Waals surface area (Å²) >= 11 is 0. The Morgan fingerprint density at radius 3 is 2.56 bits per heavy atom. The Kier molecular flexibility index (Phi) is 5.65. The molecule has 4 rings (SSSR count). The van der Waals surface area contributed by atoms with Gasteiger partial charge in [-0.2, -0.15) is 18.3 Å². The number of carboxylic acid groups (broad SMARTS) is 1. The van der Waals surface area contributed by atoms with Crippen LogP contribution < -0.4 is 4.74 Å². The fraction of sp³-hybridized carbons (Fsp3) is 0.217. The Hall–Kier alpha value is -3.75. The predicted octanol–water partition coefficient (Wildman–Crippen LogP) is 5.28. The van der Waals surface area contributed by atoms with Crippen molar-refractivity contribution in [3.8, 4) is 17.0 Å². The highest BCUT2D eigenvalue weighted by atomic mass is 19.4. The number of aryl methyl sites for hydroxylation is 1. The molecular formula is C23H20F3N3O3. The van der Waals surface area contributed by atoms with Crippen LogP contribution in [-0.2, 0) is 30.5 Å². The summed E-state index contributed by atoms with van der Waals surface area (Å²) in [7, 11) is 0. The first kappa shape index (κ1) is 21.5. The van der Waals surface area contributed by atoms with Crippen LogP contribution in [0, 0.1) is 0 Å². The third kappa shape index (κ3) is 4.46. The standard InChI is InChI=1S/C23H20F3N3O3/c1-2-29-17(10-20(28-29)14-3-5-16(6-4-14)23(24,25)26)13-32-18-7-8-19-15(9-22(30)31)12-27-21(19)11-18/h3-8,10-12,27H,2,9,13H2,1H3,(H,30,31). The normalized spacial score (nSPS) is 11.8. The van der Waals surface area contributed by atoms with E-state index in [1.54, 1.807) is 29.1 Å². The first-order valence-electron chi connectivity index (χ1n) is 9.93. The highest BCUT2D eigenvalue weighted by Gasteiger charge is 2.30. The number of nitrogens with one attached hydrogen (secondary N) is 1. The third-order valence-electron chi connectivity index (χ3n) is 5.14. The molecule has 2 heterocycles. The first-order chi connectivity index (χ1) is 15.2. The maximum atomic E-state index is 12.8. The lowest BCUT2D eigenvalue weighted by molar-refractivity contribution is -0.138. The van der Waals surface area contributed by atoms with Gasteiger partial charge in [-0.1, -0.05) is 12.1 Å². The molecule has 2 aromatic carbocycles. The highest BCUT2D eigenvalue weighted by molar-refractivity contribution is 5.87. The number of nitrogens with zero attached hydrogens (tertiary/aromatic N) is 2. The number of hydrogen-bond donors (Lipinski definition) is 2. The summed E-state index contributed by atoms with van der Waals surface area (Å²) in [5, 5.41) is 14.3. The van der Waals surface area contributed by atoms with Gasteiger partial charge in [0.15, 0.2) is 0 Å². The molecule has 0 atom stereocenters. The van der Waals surface area contributed by atoms with Gasteiger partial charge < -0.3 is 14.8 Å². The maximum Gasteiger partial charge on any atom is 0.416 e. The number of benzene rings is 2. The van der Waals surface area contributed by atoms with Crippen molar-refractivity contribution >= 4 is 16.9 Å². The van der Waals surface area contributed by atoms with Crippen molar-refractivity contribution in [1.82, 2.24) is 14.8 Å². The Balaban J connectivity index is 1.51. The lowest BCUT2D eigenvalue weighted by atomic mass is 10.1. The van der Waals surface area contributed by atoms with Crippen molar-refractivity contribution in [3.05, 3.63) is 71.5 Å². The Bertz CT molecular complexity index is 1260. The van der Waals surface area contributed by atoms with Crippen molar-refractivity contribution in [2.45, 2.75) is 32.7 Å². The van der Waals surface area contributed by atoms with Gasteiger partial charge in [0.1, 0.15) is 12.4 Å². The average molecular weight is 443 g/mol. The first-order valence-corrected chi connectivity index (χ1v) is 9.93. The molecule has 2 N–H and O–H groups in total. The van der Waals surface area contributed by atoms with E-state index >= 15 is 0 Å². The Labute approximate surface area is 181 Å². The topological polar surface area (TPSA) is 80.1 Å². The molecule has 0 spiro atoms. The van der Waals surface area contributed by atoms with Crippen molar-refractivity contribution in [2.24, 2.45) is 0 Å². The molecular weight excluding hydrogens is 423 g/mol. The zero-order valence-corrected chi connectivity index (χ0v) is 17.1. The summed E-state index contributed by atoms with van der Waals surface area (Å²) in [6.45, 7) is 2.71. The highest BCUT2D eigenvalue weighted by Crippen LogP contribution is 2.31. The molecule has 0 unspecified atom stereocenters. The van der Waals surface area contributed by atoms with Crippen LogP contribution in [0.25, 0.3) is 22.2 Å². The number of aromatic nitrogens is 3. The molecule has 9 heteroatoms. The molecule has 6 nitrogen and oxygen atoms in total. The van der Waals surface area contributed by atoms with Gasteiger partial charge in [0.25, 0.3) is 0 Å². The van der Waals surface area contributed by atoms with Crippen LogP contribution >= 0.6 is 0 Å². The summed E-state index contributed by atoms with van der Waals surface area (Å²) in [6, 6.07) is 12.1. The number of carboxylic acids is 1. The van der Waals surface area contributed by atoms with Crippen LogP contribution in [0.4, 0.5) is 13.2 Å². The lowest BCUT2D eigenvalue weighted by Crippen LogP contribution is -2.06. The number of rotatable bonds is 7. The molecule has 0 aliphatic heterocycles. The van der Waals surface area contributed by atoms with Crippen molar-refractivity contribution in [2.75, 3.05) is 0 Å². The molecule has 166 valence electrons. The van der Waals surface area contributed by atoms with Gasteiger partial charge in [-0.15, -0.1) is 0 Å². The van der Waals surface area contributed by atoms with Crippen molar-refractivity contribution in [3.63, 3.8) is 0 Å². The van der Waals surface area contributed by atoms with Gasteiger partial charge in [-0.05, 0) is 42.8 Å². The number of ether oxygens (including phenoxy) is 1. The largest absolute Gasteiger partial charge is 0.487 e. The molecule has 0 saturated carbocycles. The van der Waals surface area contributed by atoms with Gasteiger partial charge in [-0.3, -0.25) is 9.48 Å². The van der Waals surface area contributed by atoms with Crippen molar-refractivity contribution < 1.29 is 27.8 Å². The van der Waals surface area contributed by atoms with E-state index in [0.29, 0.717) is 29.1 Å². The molecule has 0 fully saturated rings. The molecule has 0 aliphatic carbocycles. The monoisotopic (exact) mass is 443 g/mol. The quantitative estimate of drug-likeness (QED) is 0.408. The minimum atomic E-state index is -4.38. The van der Waals surface area contributed by atoms with E-state index in [2.05, 4.69) is 10.1 Å². The SMILES string of the molecule is CCn1nc(-c2ccc(C(F)(F)F)cc2)cc1COc1ccc2c(CC(=O)O)c[nH]c2c1. The zero-order chi connectivity index (χ0) is 22.9. The van der Waals surface area contributed by atoms with Crippen LogP contribution in [0.1, 0.15) is 23.7 Å². The minimum absolute atomic E-state index is 0.0668. The lowest BCUT2D eigenvalue weighted by Gasteiger charge is -2.08. The van der Waals surface area contributed by atoms with Gasteiger partial charge in [0, 0.05) is 35.3 Å². The number of hydrogen-bond acceptors (Lipinski definition) is 3. The van der Waals surface area contributed by atoms with E-state index in [0.717, 1.165) is 28.7 Å². The van der Waals surface area contributed by atoms with E-state index in [1.807, 2.05) is 13.0 Å². The maximum absolute atomic E-state index is 12.8. The molecule has 32 heavy (non-hydrogen) atoms. The Morgan fingerprint density at radius 2 is 1.91 bits per heavy atom. The van der Waals surface area contributed by atoms with Crippen LogP contribution in [-0.4, -0.2) is 25.8 Å².